The third-order valence-corrected chi connectivity index (χ3v) is 4.91. The van der Waals surface area contributed by atoms with Crippen LogP contribution in [-0.2, 0) is 13.6 Å². The van der Waals surface area contributed by atoms with Gasteiger partial charge in [-0.15, -0.1) is 0 Å². The van der Waals surface area contributed by atoms with E-state index in [1.54, 1.807) is 0 Å². The van der Waals surface area contributed by atoms with Crippen molar-refractivity contribution in [3.05, 3.63) is 35.0 Å². The Labute approximate surface area is 137 Å². The van der Waals surface area contributed by atoms with Crippen molar-refractivity contribution < 1.29 is 9.90 Å². The number of carbonyl (C=O) groups is 1. The Kier molecular flexibility index (Phi) is 4.44. The molecule has 4 nitrogen and oxygen atoms in total. The molecule has 3 rings (SSSR count). The van der Waals surface area contributed by atoms with Crippen molar-refractivity contribution in [3.8, 4) is 0 Å². The van der Waals surface area contributed by atoms with E-state index in [9.17, 15) is 9.90 Å². The van der Waals surface area contributed by atoms with E-state index >= 15 is 0 Å². The zero-order valence-electron chi connectivity index (χ0n) is 14.3. The topological polar surface area (TPSA) is 45.5 Å². The molecule has 1 aromatic heterocycles. The molecule has 1 aromatic carbocycles. The van der Waals surface area contributed by atoms with Crippen molar-refractivity contribution in [1.29, 1.82) is 0 Å². The predicted molar refractivity (Wildman–Crippen MR) is 93.1 cm³/mol. The fourth-order valence-electron chi connectivity index (χ4n) is 3.72. The summed E-state index contributed by atoms with van der Waals surface area (Å²) in [6.07, 6.45) is 3.91. The van der Waals surface area contributed by atoms with E-state index < -0.39 is 5.97 Å². The van der Waals surface area contributed by atoms with Gasteiger partial charge in [0, 0.05) is 19.0 Å². The molecule has 0 saturated carbocycles. The first-order valence-corrected chi connectivity index (χ1v) is 8.55. The van der Waals surface area contributed by atoms with Gasteiger partial charge in [-0.3, -0.25) is 4.90 Å². The summed E-state index contributed by atoms with van der Waals surface area (Å²) in [6.45, 7) is 7.65. The van der Waals surface area contributed by atoms with E-state index in [-0.39, 0.29) is 0 Å². The van der Waals surface area contributed by atoms with E-state index in [0.717, 1.165) is 17.4 Å². The molecule has 1 fully saturated rings. The highest BCUT2D eigenvalue weighted by atomic mass is 16.4. The highest BCUT2D eigenvalue weighted by Gasteiger charge is 2.18. The standard InChI is InChI=1S/C19H26N2O2/c1-13(2)16-10-14(12-21-7-5-4-6-8-21)9-15-11-17(19(22)23)20(3)18(15)16/h9-11,13H,4-8,12H2,1-3H3,(H,22,23). The van der Waals surface area contributed by atoms with Crippen LogP contribution >= 0.6 is 0 Å². The zero-order chi connectivity index (χ0) is 16.6. The third kappa shape index (κ3) is 3.13. The zero-order valence-corrected chi connectivity index (χ0v) is 14.3. The molecule has 0 bridgehead atoms. The number of hydrogen-bond donors (Lipinski definition) is 1. The largest absolute Gasteiger partial charge is 0.477 e. The van der Waals surface area contributed by atoms with Gasteiger partial charge in [0.15, 0.2) is 0 Å². The van der Waals surface area contributed by atoms with Crippen molar-refractivity contribution in [1.82, 2.24) is 9.47 Å². The summed E-state index contributed by atoms with van der Waals surface area (Å²) in [4.78, 5) is 14.0. The van der Waals surface area contributed by atoms with Crippen molar-refractivity contribution in [2.24, 2.45) is 7.05 Å². The van der Waals surface area contributed by atoms with Crippen LogP contribution in [0.2, 0.25) is 0 Å². The number of piperidine rings is 1. The second kappa shape index (κ2) is 6.36. The minimum atomic E-state index is -0.865. The van der Waals surface area contributed by atoms with Crippen LogP contribution in [0.1, 0.15) is 60.6 Å². The summed E-state index contributed by atoms with van der Waals surface area (Å²) in [5, 5.41) is 10.4. The maximum atomic E-state index is 11.4. The molecule has 1 N–H and O–H groups in total. The molecule has 4 heteroatoms. The Hall–Kier alpha value is -1.81. The SMILES string of the molecule is CC(C)c1cc(CN2CCCCC2)cc2cc(C(=O)O)n(C)c12. The summed E-state index contributed by atoms with van der Waals surface area (Å²) >= 11 is 0. The van der Waals surface area contributed by atoms with E-state index in [2.05, 4.69) is 30.9 Å². The number of aromatic carboxylic acids is 1. The van der Waals surface area contributed by atoms with Crippen molar-refractivity contribution in [3.63, 3.8) is 0 Å². The lowest BCUT2D eigenvalue weighted by Gasteiger charge is -2.27. The number of likely N-dealkylation sites (tertiary alicyclic amines) is 1. The maximum absolute atomic E-state index is 11.4. The van der Waals surface area contributed by atoms with Crippen LogP contribution in [0.25, 0.3) is 10.9 Å². The second-order valence-electron chi connectivity index (χ2n) is 7.01. The Bertz CT molecular complexity index is 725. The molecule has 23 heavy (non-hydrogen) atoms. The van der Waals surface area contributed by atoms with Crippen LogP contribution in [0, 0.1) is 0 Å². The number of carboxylic acids is 1. The molecule has 0 aliphatic carbocycles. The lowest BCUT2D eigenvalue weighted by molar-refractivity contribution is 0.0687. The molecule has 0 amide bonds. The van der Waals surface area contributed by atoms with E-state index in [0.29, 0.717) is 11.6 Å². The van der Waals surface area contributed by atoms with Crippen molar-refractivity contribution in [2.75, 3.05) is 13.1 Å². The smallest absolute Gasteiger partial charge is 0.352 e. The van der Waals surface area contributed by atoms with Crippen LogP contribution in [0.5, 0.6) is 0 Å². The Balaban J connectivity index is 2.05. The van der Waals surface area contributed by atoms with Crippen LogP contribution < -0.4 is 0 Å². The lowest BCUT2D eigenvalue weighted by atomic mass is 9.97. The highest BCUT2D eigenvalue weighted by molar-refractivity contribution is 5.96. The van der Waals surface area contributed by atoms with Gasteiger partial charge in [0.25, 0.3) is 0 Å². The molecular weight excluding hydrogens is 288 g/mol. The molecule has 0 atom stereocenters. The Morgan fingerprint density at radius 2 is 1.87 bits per heavy atom. The molecular formula is C19H26N2O2. The number of aryl methyl sites for hydroxylation is 1. The first kappa shape index (κ1) is 16.1. The number of fused-ring (bicyclic) bond motifs is 1. The number of hydrogen-bond acceptors (Lipinski definition) is 2. The number of carboxylic acid groups (broad SMARTS) is 1. The van der Waals surface area contributed by atoms with Gasteiger partial charge < -0.3 is 9.67 Å². The van der Waals surface area contributed by atoms with Gasteiger partial charge >= 0.3 is 5.97 Å². The molecule has 0 spiro atoms. The van der Waals surface area contributed by atoms with Crippen LogP contribution in [0.3, 0.4) is 0 Å². The normalized spacial score (nSPS) is 16.3. The summed E-state index contributed by atoms with van der Waals surface area (Å²) in [5.74, 6) is -0.495. The predicted octanol–water partition coefficient (Wildman–Crippen LogP) is 3.99. The minimum Gasteiger partial charge on any atom is -0.477 e. The fourth-order valence-corrected chi connectivity index (χ4v) is 3.72. The third-order valence-electron chi connectivity index (χ3n) is 4.91. The first-order chi connectivity index (χ1) is 11.0. The average molecular weight is 314 g/mol. The number of rotatable bonds is 4. The molecule has 0 radical (unpaired) electrons. The molecule has 1 aliphatic heterocycles. The second-order valence-corrected chi connectivity index (χ2v) is 7.01. The summed E-state index contributed by atoms with van der Waals surface area (Å²) < 4.78 is 1.82. The van der Waals surface area contributed by atoms with Gasteiger partial charge in [0.05, 0.1) is 5.52 Å². The van der Waals surface area contributed by atoms with Gasteiger partial charge in [-0.05, 0) is 55.1 Å². The maximum Gasteiger partial charge on any atom is 0.352 e. The Morgan fingerprint density at radius 3 is 2.48 bits per heavy atom. The Morgan fingerprint density at radius 1 is 1.17 bits per heavy atom. The quantitative estimate of drug-likeness (QED) is 0.928. The number of nitrogens with zero attached hydrogens (tertiary/aromatic N) is 2. The molecule has 0 unspecified atom stereocenters. The van der Waals surface area contributed by atoms with Crippen LogP contribution in [0.4, 0.5) is 0 Å². The van der Waals surface area contributed by atoms with Crippen molar-refractivity contribution in [2.45, 2.75) is 45.6 Å². The first-order valence-electron chi connectivity index (χ1n) is 8.55. The molecule has 2 aromatic rings. The van der Waals surface area contributed by atoms with Gasteiger partial charge in [-0.1, -0.05) is 26.3 Å². The minimum absolute atomic E-state index is 0.358. The molecule has 2 heterocycles. The summed E-state index contributed by atoms with van der Waals surface area (Å²) in [7, 11) is 1.85. The summed E-state index contributed by atoms with van der Waals surface area (Å²) in [5.41, 5.74) is 3.95. The van der Waals surface area contributed by atoms with Gasteiger partial charge in [-0.25, -0.2) is 4.79 Å². The monoisotopic (exact) mass is 314 g/mol. The molecule has 1 aliphatic rings. The lowest BCUT2D eigenvalue weighted by Crippen LogP contribution is -2.29. The van der Waals surface area contributed by atoms with E-state index in [4.69, 9.17) is 0 Å². The van der Waals surface area contributed by atoms with Gasteiger partial charge in [-0.2, -0.15) is 0 Å². The van der Waals surface area contributed by atoms with Crippen molar-refractivity contribution >= 4 is 16.9 Å². The highest BCUT2D eigenvalue weighted by Crippen LogP contribution is 2.30. The molecule has 1 saturated heterocycles. The number of benzene rings is 1. The number of aromatic nitrogens is 1. The van der Waals surface area contributed by atoms with Gasteiger partial charge in [0.2, 0.25) is 0 Å². The van der Waals surface area contributed by atoms with Crippen LogP contribution in [0.15, 0.2) is 18.2 Å². The van der Waals surface area contributed by atoms with Gasteiger partial charge in [0.1, 0.15) is 5.69 Å². The fraction of sp³-hybridized carbons (Fsp3) is 0.526. The summed E-state index contributed by atoms with van der Waals surface area (Å²) in [6, 6.07) is 6.25. The van der Waals surface area contributed by atoms with Crippen LogP contribution in [-0.4, -0.2) is 33.6 Å². The van der Waals surface area contributed by atoms with E-state index in [1.807, 2.05) is 17.7 Å². The average Bonchev–Trinajstić information content (AvgIpc) is 2.85. The van der Waals surface area contributed by atoms with E-state index in [1.165, 1.54) is 43.5 Å². The molecule has 124 valence electrons.